The Morgan fingerprint density at radius 2 is 2.05 bits per heavy atom. The number of carbonyl (C=O) groups is 1. The average molecular weight is 273 g/mol. The summed E-state index contributed by atoms with van der Waals surface area (Å²) in [7, 11) is 0. The predicted molar refractivity (Wildman–Crippen MR) is 74.7 cm³/mol. The molecule has 0 saturated carbocycles. The topological polar surface area (TPSA) is 54.9 Å². The van der Waals surface area contributed by atoms with Crippen LogP contribution in [0.3, 0.4) is 0 Å². The van der Waals surface area contributed by atoms with Gasteiger partial charge in [0.1, 0.15) is 5.82 Å². The van der Waals surface area contributed by atoms with Crippen molar-refractivity contribution in [1.82, 2.24) is 15.3 Å². The van der Waals surface area contributed by atoms with E-state index in [1.165, 1.54) is 24.5 Å². The van der Waals surface area contributed by atoms with Gasteiger partial charge >= 0.3 is 0 Å². The maximum atomic E-state index is 13.1. The molecule has 0 unspecified atom stereocenters. The second-order valence-corrected chi connectivity index (χ2v) is 4.42. The van der Waals surface area contributed by atoms with Crippen molar-refractivity contribution in [3.8, 4) is 11.4 Å². The first-order chi connectivity index (χ1) is 9.70. The van der Waals surface area contributed by atoms with Gasteiger partial charge in [-0.25, -0.2) is 14.4 Å². The van der Waals surface area contributed by atoms with Crippen LogP contribution in [0.25, 0.3) is 11.4 Å². The number of halogens is 1. The van der Waals surface area contributed by atoms with Gasteiger partial charge in [0.25, 0.3) is 5.91 Å². The molecule has 0 spiro atoms. The quantitative estimate of drug-likeness (QED) is 0.852. The van der Waals surface area contributed by atoms with Gasteiger partial charge in [0.05, 0.1) is 5.56 Å². The average Bonchev–Trinajstić information content (AvgIpc) is 2.47. The molecule has 5 heteroatoms. The minimum atomic E-state index is -0.340. The van der Waals surface area contributed by atoms with Gasteiger partial charge in [-0.1, -0.05) is 25.5 Å². The van der Waals surface area contributed by atoms with E-state index in [9.17, 15) is 9.18 Å². The Bertz CT molecular complexity index is 584. The van der Waals surface area contributed by atoms with Crippen molar-refractivity contribution in [3.63, 3.8) is 0 Å². The summed E-state index contributed by atoms with van der Waals surface area (Å²) < 4.78 is 13.1. The summed E-state index contributed by atoms with van der Waals surface area (Å²) in [5.41, 5.74) is 0.990. The molecule has 1 N–H and O–H groups in total. The highest BCUT2D eigenvalue weighted by Crippen LogP contribution is 2.15. The third-order valence-corrected chi connectivity index (χ3v) is 2.81. The Labute approximate surface area is 117 Å². The molecule has 104 valence electrons. The second kappa shape index (κ2) is 6.75. The van der Waals surface area contributed by atoms with Crippen LogP contribution in [-0.4, -0.2) is 22.4 Å². The monoisotopic (exact) mass is 273 g/mol. The third kappa shape index (κ3) is 3.60. The zero-order chi connectivity index (χ0) is 14.4. The fraction of sp³-hybridized carbons (Fsp3) is 0.267. The van der Waals surface area contributed by atoms with E-state index in [2.05, 4.69) is 22.2 Å². The Kier molecular flexibility index (Phi) is 4.76. The number of aromatic nitrogens is 2. The van der Waals surface area contributed by atoms with Crippen molar-refractivity contribution < 1.29 is 9.18 Å². The summed E-state index contributed by atoms with van der Waals surface area (Å²) in [5, 5.41) is 2.79. The molecule has 0 radical (unpaired) electrons. The van der Waals surface area contributed by atoms with Crippen LogP contribution in [0, 0.1) is 5.82 Å². The first-order valence-corrected chi connectivity index (χ1v) is 6.57. The third-order valence-electron chi connectivity index (χ3n) is 2.81. The van der Waals surface area contributed by atoms with Gasteiger partial charge in [-0.2, -0.15) is 0 Å². The Balaban J connectivity index is 2.08. The molecule has 0 bridgehead atoms. The molecule has 2 aromatic rings. The fourth-order valence-corrected chi connectivity index (χ4v) is 1.70. The first kappa shape index (κ1) is 14.1. The summed E-state index contributed by atoms with van der Waals surface area (Å²) in [4.78, 5) is 20.0. The van der Waals surface area contributed by atoms with Crippen LogP contribution in [0.15, 0.2) is 36.7 Å². The van der Waals surface area contributed by atoms with Gasteiger partial charge in [-0.15, -0.1) is 0 Å². The molecule has 0 saturated heterocycles. The van der Waals surface area contributed by atoms with Crippen LogP contribution in [-0.2, 0) is 0 Å². The highest BCUT2D eigenvalue weighted by Gasteiger charge is 2.07. The summed E-state index contributed by atoms with van der Waals surface area (Å²) in [6.45, 7) is 2.70. The van der Waals surface area contributed by atoms with E-state index in [1.807, 2.05) is 0 Å². The summed E-state index contributed by atoms with van der Waals surface area (Å²) in [6, 6.07) is 6.04. The van der Waals surface area contributed by atoms with Crippen LogP contribution >= 0.6 is 0 Å². The predicted octanol–water partition coefficient (Wildman–Crippen LogP) is 2.81. The minimum absolute atomic E-state index is 0.191. The first-order valence-electron chi connectivity index (χ1n) is 6.57. The van der Waals surface area contributed by atoms with Gasteiger partial charge in [-0.05, 0) is 18.6 Å². The Morgan fingerprint density at radius 1 is 1.30 bits per heavy atom. The van der Waals surface area contributed by atoms with E-state index in [4.69, 9.17) is 0 Å². The lowest BCUT2D eigenvalue weighted by Crippen LogP contribution is -2.24. The van der Waals surface area contributed by atoms with Gasteiger partial charge in [0.15, 0.2) is 5.82 Å². The van der Waals surface area contributed by atoms with E-state index < -0.39 is 0 Å². The summed E-state index contributed by atoms with van der Waals surface area (Å²) in [5.74, 6) is -0.133. The lowest BCUT2D eigenvalue weighted by atomic mass is 10.2. The van der Waals surface area contributed by atoms with E-state index >= 15 is 0 Å². The van der Waals surface area contributed by atoms with Crippen LogP contribution in [0.2, 0.25) is 0 Å². The van der Waals surface area contributed by atoms with Crippen LogP contribution in [0.4, 0.5) is 4.39 Å². The van der Waals surface area contributed by atoms with E-state index in [0.717, 1.165) is 12.8 Å². The van der Waals surface area contributed by atoms with Crippen molar-refractivity contribution in [2.75, 3.05) is 6.54 Å². The zero-order valence-electron chi connectivity index (χ0n) is 11.3. The number of amides is 1. The van der Waals surface area contributed by atoms with E-state index in [0.29, 0.717) is 23.5 Å². The highest BCUT2D eigenvalue weighted by atomic mass is 19.1. The molecule has 0 aliphatic carbocycles. The molecule has 1 aromatic heterocycles. The fourth-order valence-electron chi connectivity index (χ4n) is 1.70. The number of hydrogen-bond donors (Lipinski definition) is 1. The van der Waals surface area contributed by atoms with Crippen molar-refractivity contribution in [2.24, 2.45) is 0 Å². The van der Waals surface area contributed by atoms with Gasteiger partial charge < -0.3 is 5.32 Å². The standard InChI is InChI=1S/C15H16FN3O/c1-2-3-7-17-15(20)12-9-18-14(19-10-12)11-5-4-6-13(16)8-11/h4-6,8-10H,2-3,7H2,1H3,(H,17,20). The molecule has 0 aliphatic rings. The highest BCUT2D eigenvalue weighted by molar-refractivity contribution is 5.93. The van der Waals surface area contributed by atoms with Gasteiger partial charge in [0.2, 0.25) is 0 Å². The number of unbranched alkanes of at least 4 members (excludes halogenated alkanes) is 1. The maximum absolute atomic E-state index is 13.1. The van der Waals surface area contributed by atoms with Crippen LogP contribution in [0.1, 0.15) is 30.1 Å². The number of benzene rings is 1. The Hall–Kier alpha value is -2.30. The lowest BCUT2D eigenvalue weighted by molar-refractivity contribution is 0.0952. The molecule has 0 fully saturated rings. The lowest BCUT2D eigenvalue weighted by Gasteiger charge is -2.04. The SMILES string of the molecule is CCCCNC(=O)c1cnc(-c2cccc(F)c2)nc1. The summed E-state index contributed by atoms with van der Waals surface area (Å²) in [6.07, 6.45) is 4.87. The van der Waals surface area contributed by atoms with Crippen molar-refractivity contribution >= 4 is 5.91 Å². The number of carbonyl (C=O) groups excluding carboxylic acids is 1. The van der Waals surface area contributed by atoms with Crippen molar-refractivity contribution in [2.45, 2.75) is 19.8 Å². The second-order valence-electron chi connectivity index (χ2n) is 4.42. The maximum Gasteiger partial charge on any atom is 0.254 e. The van der Waals surface area contributed by atoms with Crippen LogP contribution < -0.4 is 5.32 Å². The minimum Gasteiger partial charge on any atom is -0.352 e. The molecule has 0 atom stereocenters. The molecule has 1 amide bonds. The number of hydrogen-bond acceptors (Lipinski definition) is 3. The number of rotatable bonds is 5. The largest absolute Gasteiger partial charge is 0.352 e. The molecule has 0 aliphatic heterocycles. The molecule has 20 heavy (non-hydrogen) atoms. The normalized spacial score (nSPS) is 10.3. The molecule has 2 rings (SSSR count). The zero-order valence-corrected chi connectivity index (χ0v) is 11.3. The van der Waals surface area contributed by atoms with Crippen molar-refractivity contribution in [3.05, 3.63) is 48.0 Å². The molecular formula is C15H16FN3O. The van der Waals surface area contributed by atoms with E-state index in [1.54, 1.807) is 12.1 Å². The molecular weight excluding hydrogens is 257 g/mol. The number of nitrogens with one attached hydrogen (secondary N) is 1. The Morgan fingerprint density at radius 3 is 2.70 bits per heavy atom. The van der Waals surface area contributed by atoms with Crippen LogP contribution in [0.5, 0.6) is 0 Å². The molecule has 4 nitrogen and oxygen atoms in total. The van der Waals surface area contributed by atoms with Gasteiger partial charge in [0, 0.05) is 24.5 Å². The van der Waals surface area contributed by atoms with E-state index in [-0.39, 0.29) is 11.7 Å². The summed E-state index contributed by atoms with van der Waals surface area (Å²) >= 11 is 0. The smallest absolute Gasteiger partial charge is 0.254 e. The van der Waals surface area contributed by atoms with Gasteiger partial charge in [-0.3, -0.25) is 4.79 Å². The van der Waals surface area contributed by atoms with Crippen molar-refractivity contribution in [1.29, 1.82) is 0 Å². The molecule has 1 heterocycles. The number of nitrogens with zero attached hydrogens (tertiary/aromatic N) is 2. The molecule has 1 aromatic carbocycles.